The topological polar surface area (TPSA) is 51.2 Å². The van der Waals surface area contributed by atoms with Crippen LogP contribution < -0.4 is 5.32 Å². The van der Waals surface area contributed by atoms with E-state index in [0.717, 1.165) is 4.88 Å². The predicted octanol–water partition coefficient (Wildman–Crippen LogP) is 4.16. The van der Waals surface area contributed by atoms with Gasteiger partial charge in [0.05, 0.1) is 11.6 Å². The van der Waals surface area contributed by atoms with E-state index in [0.29, 0.717) is 17.4 Å². The maximum absolute atomic E-state index is 13.3. The standard InChI is InChI=1S/C13H12ClFN2O2S/c1-3-19-12(18)11-7(2)20-13(17-11)16-8-4-5-9(14)10(15)6-8/h4-6H,3H2,1-2H3,(H,16,17). The highest BCUT2D eigenvalue weighted by molar-refractivity contribution is 7.15. The zero-order chi connectivity index (χ0) is 14.7. The van der Waals surface area contributed by atoms with Gasteiger partial charge < -0.3 is 10.1 Å². The molecule has 106 valence electrons. The van der Waals surface area contributed by atoms with Crippen LogP contribution in [-0.4, -0.2) is 17.6 Å². The summed E-state index contributed by atoms with van der Waals surface area (Å²) in [5, 5.41) is 3.48. The summed E-state index contributed by atoms with van der Waals surface area (Å²) in [4.78, 5) is 16.5. The quantitative estimate of drug-likeness (QED) is 0.861. The summed E-state index contributed by atoms with van der Waals surface area (Å²) in [6.45, 7) is 3.80. The summed E-state index contributed by atoms with van der Waals surface area (Å²) in [6, 6.07) is 4.35. The molecule has 4 nitrogen and oxygen atoms in total. The minimum atomic E-state index is -0.518. The molecule has 0 unspecified atom stereocenters. The van der Waals surface area contributed by atoms with E-state index in [1.165, 1.54) is 23.5 Å². The van der Waals surface area contributed by atoms with E-state index in [9.17, 15) is 9.18 Å². The van der Waals surface area contributed by atoms with Crippen molar-refractivity contribution in [1.29, 1.82) is 0 Å². The van der Waals surface area contributed by atoms with Gasteiger partial charge in [-0.15, -0.1) is 11.3 Å². The van der Waals surface area contributed by atoms with Crippen LogP contribution in [0.5, 0.6) is 0 Å². The van der Waals surface area contributed by atoms with Crippen molar-refractivity contribution in [3.63, 3.8) is 0 Å². The Balaban J connectivity index is 2.20. The molecular formula is C13H12ClFN2O2S. The molecule has 0 radical (unpaired) electrons. The molecule has 1 N–H and O–H groups in total. The first kappa shape index (κ1) is 14.7. The fraction of sp³-hybridized carbons (Fsp3) is 0.231. The Morgan fingerprint density at radius 2 is 2.30 bits per heavy atom. The Morgan fingerprint density at radius 3 is 2.95 bits per heavy atom. The Bertz CT molecular complexity index is 645. The molecule has 1 aromatic heterocycles. The monoisotopic (exact) mass is 314 g/mol. The summed E-state index contributed by atoms with van der Waals surface area (Å²) >= 11 is 6.91. The number of nitrogens with one attached hydrogen (secondary N) is 1. The molecule has 0 spiro atoms. The first-order chi connectivity index (χ1) is 9.51. The first-order valence-electron chi connectivity index (χ1n) is 5.88. The Morgan fingerprint density at radius 1 is 1.55 bits per heavy atom. The van der Waals surface area contributed by atoms with Gasteiger partial charge in [0.25, 0.3) is 0 Å². The third-order valence-corrected chi connectivity index (χ3v) is 3.63. The molecule has 2 rings (SSSR count). The number of hydrogen-bond acceptors (Lipinski definition) is 5. The van der Waals surface area contributed by atoms with Crippen molar-refractivity contribution in [3.8, 4) is 0 Å². The number of halogens is 2. The summed E-state index contributed by atoms with van der Waals surface area (Å²) in [5.41, 5.74) is 0.782. The molecule has 2 aromatic rings. The van der Waals surface area contributed by atoms with Crippen molar-refractivity contribution in [1.82, 2.24) is 4.98 Å². The third kappa shape index (κ3) is 3.26. The number of ether oxygens (including phenoxy) is 1. The van der Waals surface area contributed by atoms with Gasteiger partial charge in [0, 0.05) is 10.6 Å². The second kappa shape index (κ2) is 6.19. The van der Waals surface area contributed by atoms with Gasteiger partial charge in [0.2, 0.25) is 0 Å². The number of aryl methyl sites for hydroxylation is 1. The Labute approximate surface area is 124 Å². The van der Waals surface area contributed by atoms with Gasteiger partial charge in [-0.3, -0.25) is 0 Å². The van der Waals surface area contributed by atoms with E-state index in [-0.39, 0.29) is 10.7 Å². The minimum Gasteiger partial charge on any atom is -0.461 e. The second-order valence-electron chi connectivity index (χ2n) is 3.90. The number of carbonyl (C=O) groups excluding carboxylic acids is 1. The normalized spacial score (nSPS) is 10.4. The highest BCUT2D eigenvalue weighted by atomic mass is 35.5. The number of nitrogens with zero attached hydrogens (tertiary/aromatic N) is 1. The summed E-state index contributed by atoms with van der Waals surface area (Å²) < 4.78 is 18.2. The van der Waals surface area contributed by atoms with Crippen LogP contribution in [0.25, 0.3) is 0 Å². The molecule has 0 aliphatic carbocycles. The lowest BCUT2D eigenvalue weighted by Gasteiger charge is -2.03. The molecule has 0 saturated heterocycles. The van der Waals surface area contributed by atoms with Crippen LogP contribution >= 0.6 is 22.9 Å². The summed E-state index contributed by atoms with van der Waals surface area (Å²) in [5.74, 6) is -0.979. The fourth-order valence-corrected chi connectivity index (χ4v) is 2.48. The highest BCUT2D eigenvalue weighted by Gasteiger charge is 2.16. The number of hydrogen-bond donors (Lipinski definition) is 1. The van der Waals surface area contributed by atoms with E-state index in [1.54, 1.807) is 19.9 Å². The van der Waals surface area contributed by atoms with Crippen LogP contribution in [0, 0.1) is 12.7 Å². The number of aromatic nitrogens is 1. The number of rotatable bonds is 4. The zero-order valence-electron chi connectivity index (χ0n) is 10.9. The molecule has 7 heteroatoms. The molecule has 0 aliphatic rings. The van der Waals surface area contributed by atoms with E-state index in [4.69, 9.17) is 16.3 Å². The fourth-order valence-electron chi connectivity index (χ4n) is 1.54. The van der Waals surface area contributed by atoms with Crippen LogP contribution in [-0.2, 0) is 4.74 Å². The molecule has 0 fully saturated rings. The van der Waals surface area contributed by atoms with Gasteiger partial charge in [-0.05, 0) is 32.0 Å². The lowest BCUT2D eigenvalue weighted by molar-refractivity contribution is 0.0519. The van der Waals surface area contributed by atoms with E-state index in [1.807, 2.05) is 0 Å². The van der Waals surface area contributed by atoms with Crippen LogP contribution in [0.4, 0.5) is 15.2 Å². The van der Waals surface area contributed by atoms with Gasteiger partial charge in [0.15, 0.2) is 10.8 Å². The zero-order valence-corrected chi connectivity index (χ0v) is 12.4. The summed E-state index contributed by atoms with van der Waals surface area (Å²) in [7, 11) is 0. The Hall–Kier alpha value is -1.66. The van der Waals surface area contributed by atoms with Crippen molar-refractivity contribution >= 4 is 39.7 Å². The van der Waals surface area contributed by atoms with E-state index < -0.39 is 11.8 Å². The van der Waals surface area contributed by atoms with Crippen molar-refractivity contribution in [2.45, 2.75) is 13.8 Å². The molecule has 1 aromatic carbocycles. The lowest BCUT2D eigenvalue weighted by atomic mass is 10.3. The number of benzene rings is 1. The van der Waals surface area contributed by atoms with Crippen LogP contribution in [0.2, 0.25) is 5.02 Å². The molecule has 0 amide bonds. The predicted molar refractivity (Wildman–Crippen MR) is 77.5 cm³/mol. The third-order valence-electron chi connectivity index (χ3n) is 2.44. The number of anilines is 2. The number of thiazole rings is 1. The largest absolute Gasteiger partial charge is 0.461 e. The van der Waals surface area contributed by atoms with Crippen LogP contribution in [0.1, 0.15) is 22.3 Å². The van der Waals surface area contributed by atoms with Gasteiger partial charge in [-0.2, -0.15) is 0 Å². The van der Waals surface area contributed by atoms with Crippen LogP contribution in [0.15, 0.2) is 18.2 Å². The molecule has 0 bridgehead atoms. The van der Waals surface area contributed by atoms with Crippen molar-refractivity contribution in [2.24, 2.45) is 0 Å². The van der Waals surface area contributed by atoms with E-state index in [2.05, 4.69) is 10.3 Å². The van der Waals surface area contributed by atoms with Crippen molar-refractivity contribution < 1.29 is 13.9 Å². The van der Waals surface area contributed by atoms with E-state index >= 15 is 0 Å². The molecular weight excluding hydrogens is 303 g/mol. The average molecular weight is 315 g/mol. The SMILES string of the molecule is CCOC(=O)c1nc(Nc2ccc(Cl)c(F)c2)sc1C. The van der Waals surface area contributed by atoms with Crippen molar-refractivity contribution in [2.75, 3.05) is 11.9 Å². The van der Waals surface area contributed by atoms with Gasteiger partial charge >= 0.3 is 5.97 Å². The van der Waals surface area contributed by atoms with Crippen LogP contribution in [0.3, 0.4) is 0 Å². The van der Waals surface area contributed by atoms with Gasteiger partial charge in [0.1, 0.15) is 5.82 Å². The maximum Gasteiger partial charge on any atom is 0.358 e. The molecule has 20 heavy (non-hydrogen) atoms. The molecule has 0 saturated carbocycles. The smallest absolute Gasteiger partial charge is 0.358 e. The number of carbonyl (C=O) groups is 1. The maximum atomic E-state index is 13.3. The first-order valence-corrected chi connectivity index (χ1v) is 7.07. The lowest BCUT2D eigenvalue weighted by Crippen LogP contribution is -2.06. The molecule has 1 heterocycles. The molecule has 0 atom stereocenters. The second-order valence-corrected chi connectivity index (χ2v) is 5.51. The summed E-state index contributed by atoms with van der Waals surface area (Å²) in [6.07, 6.45) is 0. The van der Waals surface area contributed by atoms with Gasteiger partial charge in [-0.25, -0.2) is 14.2 Å². The van der Waals surface area contributed by atoms with Crippen molar-refractivity contribution in [3.05, 3.63) is 39.6 Å². The number of esters is 1. The highest BCUT2D eigenvalue weighted by Crippen LogP contribution is 2.27. The minimum absolute atomic E-state index is 0.0538. The Kier molecular flexibility index (Phi) is 4.57. The molecule has 0 aliphatic heterocycles. The van der Waals surface area contributed by atoms with Gasteiger partial charge in [-0.1, -0.05) is 11.6 Å². The average Bonchev–Trinajstić information content (AvgIpc) is 2.75.